The molecule has 0 spiro atoms. The van der Waals surface area contributed by atoms with Crippen molar-refractivity contribution < 1.29 is 14.3 Å². The topological polar surface area (TPSA) is 83.2 Å². The van der Waals surface area contributed by atoms with E-state index in [1.165, 1.54) is 0 Å². The number of nitrogens with one attached hydrogen (secondary N) is 3. The number of carbonyl (C=O) groups is 2. The largest absolute Gasteiger partial charge is 0.465 e. The van der Waals surface area contributed by atoms with Gasteiger partial charge in [0.05, 0.1) is 17.9 Å². The molecule has 1 aromatic carbocycles. The average molecular weight is 311 g/mol. The Balaban J connectivity index is 1.92. The van der Waals surface area contributed by atoms with Gasteiger partial charge in [-0.05, 0) is 37.3 Å². The molecule has 23 heavy (non-hydrogen) atoms. The van der Waals surface area contributed by atoms with Crippen molar-refractivity contribution in [2.24, 2.45) is 0 Å². The van der Waals surface area contributed by atoms with Gasteiger partial charge in [-0.15, -0.1) is 0 Å². The number of hydrogen-bond acceptors (Lipinski definition) is 4. The number of anilines is 2. The van der Waals surface area contributed by atoms with Crippen molar-refractivity contribution in [1.82, 2.24) is 4.98 Å². The Morgan fingerprint density at radius 1 is 1.30 bits per heavy atom. The molecule has 0 radical (unpaired) electrons. The van der Waals surface area contributed by atoms with E-state index in [2.05, 4.69) is 15.6 Å². The predicted octanol–water partition coefficient (Wildman–Crippen LogP) is 2.48. The highest BCUT2D eigenvalue weighted by atomic mass is 16.5. The zero-order valence-electron chi connectivity index (χ0n) is 12.7. The molecule has 6 heteroatoms. The maximum atomic E-state index is 12.2. The Kier molecular flexibility index (Phi) is 4.14. The first kappa shape index (κ1) is 14.9. The Bertz CT molecular complexity index is 763. The minimum atomic E-state index is -0.336. The third-order valence-electron chi connectivity index (χ3n) is 3.48. The molecule has 6 nitrogen and oxygen atoms in total. The van der Waals surface area contributed by atoms with Crippen LogP contribution in [-0.4, -0.2) is 30.0 Å². The summed E-state index contributed by atoms with van der Waals surface area (Å²) in [7, 11) is 0. The van der Waals surface area contributed by atoms with E-state index in [4.69, 9.17) is 4.74 Å². The summed E-state index contributed by atoms with van der Waals surface area (Å²) < 4.78 is 4.91. The monoisotopic (exact) mass is 311 g/mol. The SMILES string of the molecule is CCOC(=O)CNc1cccc2c1/C(=C/c1ccc[nH]1)C(=O)N2. The molecule has 3 rings (SSSR count). The predicted molar refractivity (Wildman–Crippen MR) is 88.9 cm³/mol. The number of amides is 1. The molecular weight excluding hydrogens is 294 g/mol. The van der Waals surface area contributed by atoms with Crippen molar-refractivity contribution in [3.8, 4) is 0 Å². The molecular formula is C17H17N3O3. The third-order valence-corrected chi connectivity index (χ3v) is 3.48. The maximum Gasteiger partial charge on any atom is 0.325 e. The Labute approximate surface area is 133 Å². The lowest BCUT2D eigenvalue weighted by Gasteiger charge is -2.10. The summed E-state index contributed by atoms with van der Waals surface area (Å²) in [5.74, 6) is -0.503. The fourth-order valence-electron chi connectivity index (χ4n) is 2.50. The third kappa shape index (κ3) is 3.11. The maximum absolute atomic E-state index is 12.2. The van der Waals surface area contributed by atoms with Crippen molar-refractivity contribution >= 4 is 34.9 Å². The van der Waals surface area contributed by atoms with Gasteiger partial charge in [0.1, 0.15) is 6.54 Å². The fraction of sp³-hybridized carbons (Fsp3) is 0.176. The first-order valence-corrected chi connectivity index (χ1v) is 7.38. The fourth-order valence-corrected chi connectivity index (χ4v) is 2.50. The van der Waals surface area contributed by atoms with E-state index in [0.717, 1.165) is 16.9 Å². The molecule has 2 heterocycles. The van der Waals surface area contributed by atoms with Gasteiger partial charge in [-0.25, -0.2) is 0 Å². The standard InChI is InChI=1S/C17H17N3O3/c1-2-23-15(21)10-19-13-6-3-7-14-16(13)12(17(22)20-14)9-11-5-4-8-18-11/h3-9,18-19H,2,10H2,1H3,(H,20,22)/b12-9-. The molecule has 2 aromatic rings. The number of esters is 1. The summed E-state index contributed by atoms with van der Waals surface area (Å²) in [5.41, 5.74) is 3.59. The molecule has 0 fully saturated rings. The first-order valence-electron chi connectivity index (χ1n) is 7.38. The molecule has 1 aliphatic heterocycles. The summed E-state index contributed by atoms with van der Waals surface area (Å²) in [5, 5.41) is 5.88. The van der Waals surface area contributed by atoms with Crippen LogP contribution in [0.5, 0.6) is 0 Å². The zero-order chi connectivity index (χ0) is 16.2. The van der Waals surface area contributed by atoms with Crippen LogP contribution in [-0.2, 0) is 14.3 Å². The van der Waals surface area contributed by atoms with E-state index < -0.39 is 0 Å². The van der Waals surface area contributed by atoms with Crippen LogP contribution < -0.4 is 10.6 Å². The van der Waals surface area contributed by atoms with Gasteiger partial charge in [0.15, 0.2) is 0 Å². The lowest BCUT2D eigenvalue weighted by Crippen LogP contribution is -2.17. The molecule has 1 amide bonds. The van der Waals surface area contributed by atoms with E-state index in [9.17, 15) is 9.59 Å². The molecule has 1 aromatic heterocycles. The molecule has 0 atom stereocenters. The normalized spacial score (nSPS) is 14.5. The van der Waals surface area contributed by atoms with Crippen LogP contribution in [0.2, 0.25) is 0 Å². The van der Waals surface area contributed by atoms with Crippen molar-refractivity contribution in [2.45, 2.75) is 6.92 Å². The second kappa shape index (κ2) is 6.39. The number of rotatable bonds is 5. The van der Waals surface area contributed by atoms with Gasteiger partial charge in [0, 0.05) is 23.1 Å². The average Bonchev–Trinajstić information content (AvgIpc) is 3.15. The van der Waals surface area contributed by atoms with Crippen LogP contribution >= 0.6 is 0 Å². The van der Waals surface area contributed by atoms with Gasteiger partial charge in [0.25, 0.3) is 5.91 Å². The van der Waals surface area contributed by atoms with E-state index in [0.29, 0.717) is 17.9 Å². The molecule has 0 saturated carbocycles. The van der Waals surface area contributed by atoms with Gasteiger partial charge in [-0.3, -0.25) is 9.59 Å². The summed E-state index contributed by atoms with van der Waals surface area (Å²) in [6, 6.07) is 9.24. The van der Waals surface area contributed by atoms with Crippen molar-refractivity contribution in [3.63, 3.8) is 0 Å². The Hall–Kier alpha value is -3.02. The van der Waals surface area contributed by atoms with Crippen LogP contribution in [0.4, 0.5) is 11.4 Å². The van der Waals surface area contributed by atoms with Gasteiger partial charge in [-0.2, -0.15) is 0 Å². The van der Waals surface area contributed by atoms with Crippen molar-refractivity contribution in [3.05, 3.63) is 47.8 Å². The summed E-state index contributed by atoms with van der Waals surface area (Å²) in [6.45, 7) is 2.15. The molecule has 0 aliphatic carbocycles. The lowest BCUT2D eigenvalue weighted by molar-refractivity contribution is -0.140. The van der Waals surface area contributed by atoms with E-state index in [1.54, 1.807) is 19.2 Å². The second-order valence-corrected chi connectivity index (χ2v) is 5.02. The molecule has 118 valence electrons. The Morgan fingerprint density at radius 3 is 2.91 bits per heavy atom. The number of benzene rings is 1. The summed E-state index contributed by atoms with van der Waals surface area (Å²) in [4.78, 5) is 26.8. The van der Waals surface area contributed by atoms with E-state index in [-0.39, 0.29) is 18.4 Å². The minimum Gasteiger partial charge on any atom is -0.465 e. The van der Waals surface area contributed by atoms with Crippen LogP contribution in [0.3, 0.4) is 0 Å². The zero-order valence-corrected chi connectivity index (χ0v) is 12.7. The van der Waals surface area contributed by atoms with Gasteiger partial charge in [-0.1, -0.05) is 6.07 Å². The molecule has 0 unspecified atom stereocenters. The van der Waals surface area contributed by atoms with Gasteiger partial charge >= 0.3 is 5.97 Å². The smallest absolute Gasteiger partial charge is 0.325 e. The summed E-state index contributed by atoms with van der Waals surface area (Å²) >= 11 is 0. The van der Waals surface area contributed by atoms with E-state index in [1.807, 2.05) is 30.3 Å². The first-order chi connectivity index (χ1) is 11.2. The number of aromatic amines is 1. The number of carbonyl (C=O) groups excluding carboxylic acids is 2. The number of hydrogen-bond donors (Lipinski definition) is 3. The quantitative estimate of drug-likeness (QED) is 0.585. The van der Waals surface area contributed by atoms with Crippen LogP contribution in [0.15, 0.2) is 36.5 Å². The highest BCUT2D eigenvalue weighted by Crippen LogP contribution is 2.38. The second-order valence-electron chi connectivity index (χ2n) is 5.02. The van der Waals surface area contributed by atoms with Crippen LogP contribution in [0.1, 0.15) is 18.2 Å². The number of aromatic nitrogens is 1. The highest BCUT2D eigenvalue weighted by molar-refractivity contribution is 6.36. The van der Waals surface area contributed by atoms with E-state index >= 15 is 0 Å². The van der Waals surface area contributed by atoms with Crippen LogP contribution in [0, 0.1) is 0 Å². The minimum absolute atomic E-state index is 0.0499. The number of H-pyrrole nitrogens is 1. The highest BCUT2D eigenvalue weighted by Gasteiger charge is 2.27. The number of ether oxygens (including phenoxy) is 1. The Morgan fingerprint density at radius 2 is 2.17 bits per heavy atom. The molecule has 0 saturated heterocycles. The molecule has 0 bridgehead atoms. The lowest BCUT2D eigenvalue weighted by atomic mass is 10.0. The van der Waals surface area contributed by atoms with Crippen LogP contribution in [0.25, 0.3) is 11.6 Å². The van der Waals surface area contributed by atoms with Gasteiger partial charge < -0.3 is 20.4 Å². The molecule has 1 aliphatic rings. The number of fused-ring (bicyclic) bond motifs is 1. The molecule has 3 N–H and O–H groups in total. The van der Waals surface area contributed by atoms with Crippen molar-refractivity contribution in [2.75, 3.05) is 23.8 Å². The van der Waals surface area contributed by atoms with Gasteiger partial charge in [0.2, 0.25) is 0 Å². The van der Waals surface area contributed by atoms with Crippen molar-refractivity contribution in [1.29, 1.82) is 0 Å². The summed E-state index contributed by atoms with van der Waals surface area (Å²) in [6.07, 6.45) is 3.59.